The molecule has 1 fully saturated rings. The molecule has 0 bridgehead atoms. The lowest BCUT2D eigenvalue weighted by molar-refractivity contribution is 0.100. The molecule has 1 aromatic heterocycles. The van der Waals surface area contributed by atoms with Crippen LogP contribution in [0.1, 0.15) is 22.0 Å². The number of fused-ring (bicyclic) bond motifs is 2. The van der Waals surface area contributed by atoms with E-state index in [-0.39, 0.29) is 11.6 Å². The molecule has 0 unspecified atom stereocenters. The number of hydrogen-bond acceptors (Lipinski definition) is 4. The van der Waals surface area contributed by atoms with Gasteiger partial charge < -0.3 is 9.88 Å². The van der Waals surface area contributed by atoms with Gasteiger partial charge in [0.25, 0.3) is 5.91 Å². The number of nitrogens with one attached hydrogen (secondary N) is 1. The number of nitrogens with zero attached hydrogens (tertiary/aromatic N) is 4. The summed E-state index contributed by atoms with van der Waals surface area (Å²) < 4.78 is 28.7. The number of rotatable bonds is 4. The molecule has 2 aliphatic rings. The zero-order valence-corrected chi connectivity index (χ0v) is 16.3. The molecule has 1 saturated heterocycles. The fourth-order valence-electron chi connectivity index (χ4n) is 4.56. The molecule has 154 valence electrons. The molecular formula is C22H21F2N5O. The lowest BCUT2D eigenvalue weighted by atomic mass is 9.89. The summed E-state index contributed by atoms with van der Waals surface area (Å²) in [6.45, 7) is 3.17. The predicted molar refractivity (Wildman–Crippen MR) is 107 cm³/mol. The second-order valence-electron chi connectivity index (χ2n) is 8.06. The van der Waals surface area contributed by atoms with Crippen molar-refractivity contribution in [3.8, 4) is 0 Å². The Balaban J connectivity index is 1.28. The van der Waals surface area contributed by atoms with Gasteiger partial charge in [0.1, 0.15) is 17.5 Å². The van der Waals surface area contributed by atoms with Crippen LogP contribution in [0.4, 0.5) is 14.5 Å². The average molecular weight is 409 g/mol. The van der Waals surface area contributed by atoms with Gasteiger partial charge in [0.2, 0.25) is 5.82 Å². The first-order chi connectivity index (χ1) is 14.5. The summed E-state index contributed by atoms with van der Waals surface area (Å²) in [5.41, 5.74) is 1.34. The maximum Gasteiger partial charge on any atom is 0.293 e. The van der Waals surface area contributed by atoms with Crippen LogP contribution in [0.3, 0.4) is 0 Å². The Labute approximate surface area is 172 Å². The second-order valence-corrected chi connectivity index (χ2v) is 8.06. The van der Waals surface area contributed by atoms with Gasteiger partial charge in [0.15, 0.2) is 0 Å². The van der Waals surface area contributed by atoms with Crippen LogP contribution in [0.15, 0.2) is 48.5 Å². The number of benzene rings is 2. The second kappa shape index (κ2) is 7.60. The van der Waals surface area contributed by atoms with Crippen molar-refractivity contribution < 1.29 is 13.6 Å². The SMILES string of the molecule is O=C(Nc1cccc(F)c1)c1nnc2n1C[C@H]1CN(Cc3cccc(F)c3)C[C@@H]1C2. The molecule has 2 atom stereocenters. The first kappa shape index (κ1) is 18.9. The maximum absolute atomic E-state index is 13.5. The van der Waals surface area contributed by atoms with E-state index in [0.717, 1.165) is 30.9 Å². The predicted octanol–water partition coefficient (Wildman–Crippen LogP) is 3.11. The summed E-state index contributed by atoms with van der Waals surface area (Å²) in [6, 6.07) is 12.5. The van der Waals surface area contributed by atoms with Crippen molar-refractivity contribution in [2.75, 3.05) is 18.4 Å². The van der Waals surface area contributed by atoms with Crippen LogP contribution < -0.4 is 5.32 Å². The number of likely N-dealkylation sites (tertiary alicyclic amines) is 1. The van der Waals surface area contributed by atoms with Crippen molar-refractivity contribution in [1.29, 1.82) is 0 Å². The van der Waals surface area contributed by atoms with Gasteiger partial charge in [-0.15, -0.1) is 10.2 Å². The number of carbonyl (C=O) groups excluding carboxylic acids is 1. The van der Waals surface area contributed by atoms with Crippen LogP contribution in [-0.4, -0.2) is 38.7 Å². The van der Waals surface area contributed by atoms with Gasteiger partial charge in [-0.05, 0) is 47.7 Å². The first-order valence-electron chi connectivity index (χ1n) is 10.0. The number of aromatic nitrogens is 3. The topological polar surface area (TPSA) is 63.1 Å². The monoisotopic (exact) mass is 409 g/mol. The number of anilines is 1. The van der Waals surface area contributed by atoms with Gasteiger partial charge in [-0.2, -0.15) is 0 Å². The van der Waals surface area contributed by atoms with E-state index >= 15 is 0 Å². The van der Waals surface area contributed by atoms with Crippen molar-refractivity contribution in [3.63, 3.8) is 0 Å². The molecular weight excluding hydrogens is 388 g/mol. The van der Waals surface area contributed by atoms with E-state index in [2.05, 4.69) is 20.4 Å². The van der Waals surface area contributed by atoms with Gasteiger partial charge in [-0.1, -0.05) is 18.2 Å². The van der Waals surface area contributed by atoms with E-state index in [1.54, 1.807) is 24.3 Å². The van der Waals surface area contributed by atoms with Crippen LogP contribution in [-0.2, 0) is 19.5 Å². The van der Waals surface area contributed by atoms with E-state index in [9.17, 15) is 13.6 Å². The Kier molecular flexibility index (Phi) is 4.78. The van der Waals surface area contributed by atoms with Gasteiger partial charge in [-0.25, -0.2) is 8.78 Å². The third kappa shape index (κ3) is 3.70. The van der Waals surface area contributed by atoms with Gasteiger partial charge in [0.05, 0.1) is 0 Å². The van der Waals surface area contributed by atoms with Crippen molar-refractivity contribution in [3.05, 3.63) is 77.4 Å². The van der Waals surface area contributed by atoms with Crippen molar-refractivity contribution in [1.82, 2.24) is 19.7 Å². The zero-order valence-electron chi connectivity index (χ0n) is 16.3. The van der Waals surface area contributed by atoms with Crippen LogP contribution in [0.25, 0.3) is 0 Å². The minimum atomic E-state index is -0.414. The minimum absolute atomic E-state index is 0.218. The van der Waals surface area contributed by atoms with E-state index in [0.29, 0.717) is 30.6 Å². The van der Waals surface area contributed by atoms with Crippen molar-refractivity contribution in [2.45, 2.75) is 19.5 Å². The van der Waals surface area contributed by atoms with Gasteiger partial charge >= 0.3 is 0 Å². The van der Waals surface area contributed by atoms with Crippen molar-refractivity contribution >= 4 is 11.6 Å². The lowest BCUT2D eigenvalue weighted by Crippen LogP contribution is -2.31. The Bertz CT molecular complexity index is 1100. The normalized spacial score (nSPS) is 20.6. The molecule has 6 nitrogen and oxygen atoms in total. The highest BCUT2D eigenvalue weighted by atomic mass is 19.1. The van der Waals surface area contributed by atoms with E-state index in [1.807, 2.05) is 10.6 Å². The third-order valence-electron chi connectivity index (χ3n) is 5.92. The molecule has 0 aliphatic carbocycles. The Hall–Kier alpha value is -3.13. The largest absolute Gasteiger partial charge is 0.319 e. The smallest absolute Gasteiger partial charge is 0.293 e. The summed E-state index contributed by atoms with van der Waals surface area (Å²) in [5, 5.41) is 11.0. The summed E-state index contributed by atoms with van der Waals surface area (Å²) in [5.74, 6) is 0.835. The molecule has 0 radical (unpaired) electrons. The summed E-state index contributed by atoms with van der Waals surface area (Å²) in [4.78, 5) is 15.0. The highest BCUT2D eigenvalue weighted by molar-refractivity contribution is 6.01. The molecule has 0 saturated carbocycles. The molecule has 30 heavy (non-hydrogen) atoms. The average Bonchev–Trinajstić information content (AvgIpc) is 3.28. The van der Waals surface area contributed by atoms with Crippen molar-refractivity contribution in [2.24, 2.45) is 11.8 Å². The van der Waals surface area contributed by atoms with Crippen LogP contribution in [0.5, 0.6) is 0 Å². The molecule has 3 heterocycles. The summed E-state index contributed by atoms with van der Waals surface area (Å²) >= 11 is 0. The molecule has 2 aromatic carbocycles. The molecule has 0 spiro atoms. The molecule has 1 amide bonds. The van der Waals surface area contributed by atoms with E-state index in [1.165, 1.54) is 18.2 Å². The maximum atomic E-state index is 13.5. The highest BCUT2D eigenvalue weighted by Gasteiger charge is 2.39. The van der Waals surface area contributed by atoms with Crippen LogP contribution in [0, 0.1) is 23.5 Å². The molecule has 5 rings (SSSR count). The number of hydrogen-bond donors (Lipinski definition) is 1. The first-order valence-corrected chi connectivity index (χ1v) is 10.0. The number of halogens is 2. The fourth-order valence-corrected chi connectivity index (χ4v) is 4.56. The standard InChI is InChI=1S/C22H21F2N5O/c23-17-4-1-3-14(7-17)10-28-11-15-8-20-26-27-21(29(20)13-16(15)12-28)22(30)25-19-6-2-5-18(24)9-19/h1-7,9,15-16H,8,10-13H2,(H,25,30)/t15-,16+/m0/s1. The van der Waals surface area contributed by atoms with Gasteiger partial charge in [-0.3, -0.25) is 9.69 Å². The fraction of sp³-hybridized carbons (Fsp3) is 0.318. The minimum Gasteiger partial charge on any atom is -0.319 e. The molecule has 2 aliphatic heterocycles. The highest BCUT2D eigenvalue weighted by Crippen LogP contribution is 2.33. The number of amides is 1. The Morgan fingerprint density at radius 1 is 1.00 bits per heavy atom. The number of carbonyl (C=O) groups is 1. The Morgan fingerprint density at radius 3 is 2.57 bits per heavy atom. The summed E-state index contributed by atoms with van der Waals surface area (Å²) in [6.07, 6.45) is 0.755. The molecule has 1 N–H and O–H groups in total. The van der Waals surface area contributed by atoms with E-state index < -0.39 is 11.7 Å². The molecule has 3 aromatic rings. The zero-order chi connectivity index (χ0) is 20.7. The third-order valence-corrected chi connectivity index (χ3v) is 5.92. The summed E-state index contributed by atoms with van der Waals surface area (Å²) in [7, 11) is 0. The van der Waals surface area contributed by atoms with Gasteiger partial charge in [0, 0.05) is 38.3 Å². The van der Waals surface area contributed by atoms with E-state index in [4.69, 9.17) is 0 Å². The quantitative estimate of drug-likeness (QED) is 0.719. The van der Waals surface area contributed by atoms with Crippen LogP contribution in [0.2, 0.25) is 0 Å². The lowest BCUT2D eigenvalue weighted by Gasteiger charge is -2.25. The molecule has 8 heteroatoms. The van der Waals surface area contributed by atoms with Crippen LogP contribution >= 0.6 is 0 Å². The Morgan fingerprint density at radius 2 is 1.77 bits per heavy atom.